The van der Waals surface area contributed by atoms with Crippen LogP contribution in [0, 0.1) is 13.8 Å². The largest absolute Gasteiger partial charge is 0.496 e. The van der Waals surface area contributed by atoms with Crippen molar-refractivity contribution in [2.24, 2.45) is 0 Å². The number of ether oxygens (including phenoxy) is 2. The standard InChI is InChI=1S/C17H22BrN3O4S/c1-12-17(26(22,23)20-6-8-25-9-7-20)13(2)21(19-12)11-14-10-15(18)4-5-16(14)24-3/h4-5,10H,6-9,11H2,1-3H3. The average Bonchev–Trinajstić information content (AvgIpc) is 2.90. The van der Waals surface area contributed by atoms with Gasteiger partial charge >= 0.3 is 0 Å². The number of methoxy groups -OCH3 is 1. The van der Waals surface area contributed by atoms with Gasteiger partial charge in [-0.1, -0.05) is 15.9 Å². The second-order valence-corrected chi connectivity index (χ2v) is 8.92. The van der Waals surface area contributed by atoms with E-state index in [0.29, 0.717) is 44.2 Å². The molecule has 9 heteroatoms. The van der Waals surface area contributed by atoms with Crippen LogP contribution in [0.25, 0.3) is 0 Å². The zero-order chi connectivity index (χ0) is 18.9. The number of hydrogen-bond donors (Lipinski definition) is 0. The molecule has 1 aliphatic heterocycles. The smallest absolute Gasteiger partial charge is 0.246 e. The van der Waals surface area contributed by atoms with Gasteiger partial charge < -0.3 is 9.47 Å². The third-order valence-corrected chi connectivity index (χ3v) is 7.09. The molecule has 0 spiro atoms. The molecule has 142 valence electrons. The highest BCUT2D eigenvalue weighted by Gasteiger charge is 2.32. The predicted octanol–water partition coefficient (Wildman–Crippen LogP) is 2.34. The highest BCUT2D eigenvalue weighted by Crippen LogP contribution is 2.28. The number of aromatic nitrogens is 2. The molecule has 26 heavy (non-hydrogen) atoms. The van der Waals surface area contributed by atoms with Crippen LogP contribution < -0.4 is 4.74 Å². The monoisotopic (exact) mass is 443 g/mol. The minimum Gasteiger partial charge on any atom is -0.496 e. The van der Waals surface area contributed by atoms with Gasteiger partial charge in [0.25, 0.3) is 0 Å². The fourth-order valence-corrected chi connectivity index (χ4v) is 5.35. The summed E-state index contributed by atoms with van der Waals surface area (Å²) in [6.45, 7) is 5.51. The van der Waals surface area contributed by atoms with Crippen LogP contribution in [-0.4, -0.2) is 55.9 Å². The summed E-state index contributed by atoms with van der Waals surface area (Å²) in [6.07, 6.45) is 0. The maximum atomic E-state index is 13.1. The van der Waals surface area contributed by atoms with Crippen molar-refractivity contribution in [1.82, 2.24) is 14.1 Å². The fraction of sp³-hybridized carbons (Fsp3) is 0.471. The number of nitrogens with zero attached hydrogens (tertiary/aromatic N) is 3. The van der Waals surface area contributed by atoms with Gasteiger partial charge in [0.05, 0.1) is 38.3 Å². The van der Waals surface area contributed by atoms with E-state index < -0.39 is 10.0 Å². The maximum Gasteiger partial charge on any atom is 0.246 e. The van der Waals surface area contributed by atoms with E-state index in [9.17, 15) is 8.42 Å². The minimum absolute atomic E-state index is 0.286. The number of aryl methyl sites for hydroxylation is 1. The van der Waals surface area contributed by atoms with Gasteiger partial charge in [-0.15, -0.1) is 0 Å². The van der Waals surface area contributed by atoms with Gasteiger partial charge in [0, 0.05) is 23.1 Å². The van der Waals surface area contributed by atoms with Crippen LogP contribution >= 0.6 is 15.9 Å². The van der Waals surface area contributed by atoms with Gasteiger partial charge in [-0.05, 0) is 32.0 Å². The Balaban J connectivity index is 1.97. The second kappa shape index (κ2) is 7.67. The van der Waals surface area contributed by atoms with Gasteiger partial charge in [0.2, 0.25) is 10.0 Å². The van der Waals surface area contributed by atoms with E-state index in [1.165, 1.54) is 4.31 Å². The Morgan fingerprint density at radius 1 is 1.27 bits per heavy atom. The van der Waals surface area contributed by atoms with Crippen molar-refractivity contribution >= 4 is 26.0 Å². The van der Waals surface area contributed by atoms with Crippen molar-refractivity contribution in [2.75, 3.05) is 33.4 Å². The fourth-order valence-electron chi connectivity index (χ4n) is 3.16. The molecule has 0 bridgehead atoms. The average molecular weight is 444 g/mol. The Kier molecular flexibility index (Phi) is 5.71. The highest BCUT2D eigenvalue weighted by atomic mass is 79.9. The van der Waals surface area contributed by atoms with Crippen molar-refractivity contribution in [1.29, 1.82) is 0 Å². The zero-order valence-electron chi connectivity index (χ0n) is 15.0. The van der Waals surface area contributed by atoms with E-state index in [0.717, 1.165) is 15.8 Å². The third-order valence-electron chi connectivity index (χ3n) is 4.45. The molecular formula is C17H22BrN3O4S. The molecule has 1 aromatic carbocycles. The Morgan fingerprint density at radius 2 is 1.96 bits per heavy atom. The molecule has 0 amide bonds. The summed E-state index contributed by atoms with van der Waals surface area (Å²) in [6, 6.07) is 5.72. The number of hydrogen-bond acceptors (Lipinski definition) is 5. The first-order valence-electron chi connectivity index (χ1n) is 8.29. The topological polar surface area (TPSA) is 73.7 Å². The Hall–Kier alpha value is -1.42. The molecule has 0 atom stereocenters. The summed E-state index contributed by atoms with van der Waals surface area (Å²) in [5.41, 5.74) is 2.04. The SMILES string of the molecule is COc1ccc(Br)cc1Cn1nc(C)c(S(=O)(=O)N2CCOCC2)c1C. The second-order valence-electron chi connectivity index (χ2n) is 6.13. The molecule has 0 N–H and O–H groups in total. The normalized spacial score (nSPS) is 16.0. The summed E-state index contributed by atoms with van der Waals surface area (Å²) in [5, 5.41) is 4.48. The molecule has 0 radical (unpaired) electrons. The van der Waals surface area contributed by atoms with Gasteiger partial charge in [-0.2, -0.15) is 9.40 Å². The van der Waals surface area contributed by atoms with Crippen molar-refractivity contribution in [3.8, 4) is 5.75 Å². The summed E-state index contributed by atoms with van der Waals surface area (Å²) in [7, 11) is -1.98. The van der Waals surface area contributed by atoms with E-state index in [2.05, 4.69) is 21.0 Å². The lowest BCUT2D eigenvalue weighted by Gasteiger charge is -2.26. The first kappa shape index (κ1) is 19.3. The Bertz CT molecular complexity index is 905. The minimum atomic E-state index is -3.59. The molecule has 1 aliphatic rings. The molecular weight excluding hydrogens is 422 g/mol. The molecule has 1 aromatic heterocycles. The molecule has 1 saturated heterocycles. The van der Waals surface area contributed by atoms with Crippen LogP contribution in [0.2, 0.25) is 0 Å². The molecule has 0 aliphatic carbocycles. The van der Waals surface area contributed by atoms with Gasteiger partial charge in [0.15, 0.2) is 0 Å². The van der Waals surface area contributed by atoms with E-state index in [1.54, 1.807) is 25.6 Å². The van der Waals surface area contributed by atoms with E-state index in [1.807, 2.05) is 18.2 Å². The zero-order valence-corrected chi connectivity index (χ0v) is 17.4. The third kappa shape index (κ3) is 3.66. The number of rotatable bonds is 5. The maximum absolute atomic E-state index is 13.1. The van der Waals surface area contributed by atoms with Gasteiger partial charge in [-0.3, -0.25) is 4.68 Å². The van der Waals surface area contributed by atoms with Crippen molar-refractivity contribution in [3.05, 3.63) is 39.6 Å². The number of sulfonamides is 1. The lowest BCUT2D eigenvalue weighted by molar-refractivity contribution is 0.0730. The van der Waals surface area contributed by atoms with E-state index in [-0.39, 0.29) is 4.90 Å². The summed E-state index contributed by atoms with van der Waals surface area (Å²) in [4.78, 5) is 0.286. The lowest BCUT2D eigenvalue weighted by Crippen LogP contribution is -2.41. The summed E-state index contributed by atoms with van der Waals surface area (Å²) >= 11 is 3.46. The van der Waals surface area contributed by atoms with E-state index >= 15 is 0 Å². The number of morpholine rings is 1. The van der Waals surface area contributed by atoms with Crippen LogP contribution in [0.4, 0.5) is 0 Å². The molecule has 2 heterocycles. The highest BCUT2D eigenvalue weighted by molar-refractivity contribution is 9.10. The lowest BCUT2D eigenvalue weighted by atomic mass is 10.2. The molecule has 0 unspecified atom stereocenters. The molecule has 3 rings (SSSR count). The first-order chi connectivity index (χ1) is 12.3. The van der Waals surface area contributed by atoms with Crippen LogP contribution in [0.15, 0.2) is 27.6 Å². The predicted molar refractivity (Wildman–Crippen MR) is 101 cm³/mol. The quantitative estimate of drug-likeness (QED) is 0.708. The molecule has 2 aromatic rings. The number of halogens is 1. The van der Waals surface area contributed by atoms with Crippen LogP contribution in [-0.2, 0) is 21.3 Å². The Morgan fingerprint density at radius 3 is 2.62 bits per heavy atom. The molecule has 7 nitrogen and oxygen atoms in total. The van der Waals surface area contributed by atoms with Crippen molar-refractivity contribution in [2.45, 2.75) is 25.3 Å². The van der Waals surface area contributed by atoms with Gasteiger partial charge in [-0.25, -0.2) is 8.42 Å². The van der Waals surface area contributed by atoms with Crippen LogP contribution in [0.3, 0.4) is 0 Å². The summed E-state index contributed by atoms with van der Waals surface area (Å²) < 4.78 is 40.9. The summed E-state index contributed by atoms with van der Waals surface area (Å²) in [5.74, 6) is 0.735. The molecule has 0 saturated carbocycles. The molecule has 1 fully saturated rings. The van der Waals surface area contributed by atoms with Crippen molar-refractivity contribution < 1.29 is 17.9 Å². The van der Waals surface area contributed by atoms with Crippen molar-refractivity contribution in [3.63, 3.8) is 0 Å². The Labute approximate surface area is 162 Å². The van der Waals surface area contributed by atoms with Crippen LogP contribution in [0.5, 0.6) is 5.75 Å². The number of benzene rings is 1. The van der Waals surface area contributed by atoms with Gasteiger partial charge in [0.1, 0.15) is 10.6 Å². The first-order valence-corrected chi connectivity index (χ1v) is 10.5. The van der Waals surface area contributed by atoms with E-state index in [4.69, 9.17) is 9.47 Å². The van der Waals surface area contributed by atoms with Crippen LogP contribution in [0.1, 0.15) is 17.0 Å².